The third-order valence-corrected chi connectivity index (χ3v) is 5.52. The van der Waals surface area contributed by atoms with Crippen molar-refractivity contribution in [2.24, 2.45) is 11.8 Å². The maximum absolute atomic E-state index is 4.94. The third-order valence-electron chi connectivity index (χ3n) is 5.52. The van der Waals surface area contributed by atoms with Crippen LogP contribution in [0.1, 0.15) is 69.6 Å². The molecule has 1 aliphatic heterocycles. The molecule has 3 nitrogen and oxygen atoms in total. The molecule has 0 unspecified atom stereocenters. The summed E-state index contributed by atoms with van der Waals surface area (Å²) < 4.78 is 2.61. The first-order valence-corrected chi connectivity index (χ1v) is 9.09. The molecule has 0 amide bonds. The number of imidazole rings is 1. The second-order valence-corrected chi connectivity index (χ2v) is 7.00. The Morgan fingerprint density at radius 1 is 1.14 bits per heavy atom. The van der Waals surface area contributed by atoms with Crippen molar-refractivity contribution >= 4 is 0 Å². The maximum atomic E-state index is 4.94. The Hall–Kier alpha value is -0.830. The van der Waals surface area contributed by atoms with Crippen LogP contribution in [0.4, 0.5) is 0 Å². The summed E-state index contributed by atoms with van der Waals surface area (Å²) in [6.45, 7) is 7.94. The van der Waals surface area contributed by atoms with Crippen molar-refractivity contribution in [2.75, 3.05) is 6.54 Å². The molecule has 1 aromatic rings. The normalized spacial score (nSPS) is 25.8. The molecule has 1 aliphatic carbocycles. The lowest BCUT2D eigenvalue weighted by Gasteiger charge is -2.29. The fourth-order valence-corrected chi connectivity index (χ4v) is 4.14. The minimum absolute atomic E-state index is 0.886. The number of nitrogens with zero attached hydrogens (tertiary/aromatic N) is 2. The molecule has 0 aromatic carbocycles. The van der Waals surface area contributed by atoms with Gasteiger partial charge < -0.3 is 9.88 Å². The van der Waals surface area contributed by atoms with Crippen LogP contribution in [0.3, 0.4) is 0 Å². The average Bonchev–Trinajstić information content (AvgIpc) is 2.86. The first kappa shape index (κ1) is 15.1. The van der Waals surface area contributed by atoms with E-state index in [9.17, 15) is 0 Å². The largest absolute Gasteiger partial charge is 0.331 e. The summed E-state index contributed by atoms with van der Waals surface area (Å²) in [5.41, 5.74) is 2.86. The number of hydrogen-bond donors (Lipinski definition) is 1. The van der Waals surface area contributed by atoms with Crippen molar-refractivity contribution in [3.63, 3.8) is 0 Å². The van der Waals surface area contributed by atoms with Crippen molar-refractivity contribution in [1.82, 2.24) is 14.9 Å². The molecule has 1 saturated carbocycles. The highest BCUT2D eigenvalue weighted by Crippen LogP contribution is 2.32. The number of fused-ring (bicyclic) bond motifs is 1. The molecule has 2 heterocycles. The van der Waals surface area contributed by atoms with Crippen molar-refractivity contribution in [3.05, 3.63) is 17.2 Å². The van der Waals surface area contributed by atoms with Gasteiger partial charge in [-0.1, -0.05) is 33.1 Å². The molecule has 2 aliphatic rings. The number of nitrogens with one attached hydrogen (secondary N) is 1. The van der Waals surface area contributed by atoms with E-state index < -0.39 is 0 Å². The summed E-state index contributed by atoms with van der Waals surface area (Å²) >= 11 is 0. The van der Waals surface area contributed by atoms with Crippen LogP contribution in [0.15, 0.2) is 0 Å². The zero-order valence-corrected chi connectivity index (χ0v) is 13.8. The van der Waals surface area contributed by atoms with Crippen LogP contribution in [0.5, 0.6) is 0 Å². The second-order valence-electron chi connectivity index (χ2n) is 7.00. The van der Waals surface area contributed by atoms with Crippen LogP contribution in [-0.2, 0) is 25.9 Å². The van der Waals surface area contributed by atoms with Gasteiger partial charge in [0, 0.05) is 38.2 Å². The molecule has 1 fully saturated rings. The lowest BCUT2D eigenvalue weighted by molar-refractivity contribution is 0.244. The topological polar surface area (TPSA) is 29.9 Å². The van der Waals surface area contributed by atoms with E-state index in [1.807, 2.05) is 0 Å². The number of aromatic nitrogens is 2. The fourth-order valence-electron chi connectivity index (χ4n) is 4.14. The van der Waals surface area contributed by atoms with Gasteiger partial charge in [0.15, 0.2) is 0 Å². The van der Waals surface area contributed by atoms with Gasteiger partial charge in [-0.05, 0) is 31.1 Å². The third kappa shape index (κ3) is 3.33. The molecule has 0 spiro atoms. The van der Waals surface area contributed by atoms with Gasteiger partial charge in [-0.3, -0.25) is 0 Å². The lowest BCUT2D eigenvalue weighted by Crippen LogP contribution is -2.26. The summed E-state index contributed by atoms with van der Waals surface area (Å²) in [5.74, 6) is 3.23. The quantitative estimate of drug-likeness (QED) is 0.896. The van der Waals surface area contributed by atoms with Gasteiger partial charge in [0.2, 0.25) is 0 Å². The van der Waals surface area contributed by atoms with Crippen LogP contribution in [-0.4, -0.2) is 16.1 Å². The van der Waals surface area contributed by atoms with Crippen LogP contribution in [0.25, 0.3) is 0 Å². The molecule has 0 atom stereocenters. The van der Waals surface area contributed by atoms with Crippen molar-refractivity contribution in [1.29, 1.82) is 0 Å². The van der Waals surface area contributed by atoms with Crippen molar-refractivity contribution in [3.8, 4) is 0 Å². The summed E-state index contributed by atoms with van der Waals surface area (Å²) in [7, 11) is 0. The number of aryl methyl sites for hydroxylation is 1. The van der Waals surface area contributed by atoms with Crippen LogP contribution in [0.2, 0.25) is 0 Å². The van der Waals surface area contributed by atoms with Gasteiger partial charge in [0.05, 0.1) is 5.69 Å². The van der Waals surface area contributed by atoms with Crippen molar-refractivity contribution in [2.45, 2.75) is 78.3 Å². The number of rotatable bonds is 5. The minimum atomic E-state index is 0.886. The minimum Gasteiger partial charge on any atom is -0.331 e. The van der Waals surface area contributed by atoms with E-state index in [0.29, 0.717) is 0 Å². The Bertz CT molecular complexity index is 455. The molecule has 3 heteroatoms. The first-order chi connectivity index (χ1) is 10.3. The van der Waals surface area contributed by atoms with E-state index in [1.54, 1.807) is 0 Å². The first-order valence-electron chi connectivity index (χ1n) is 9.09. The van der Waals surface area contributed by atoms with E-state index >= 15 is 0 Å². The summed E-state index contributed by atoms with van der Waals surface area (Å²) in [6.07, 6.45) is 10.6. The molecule has 0 bridgehead atoms. The standard InChI is InChI=1S/C18H31N3/c1-3-5-18-20-16-12-19-11-10-17(16)21(18)13-15-8-6-14(4-2)7-9-15/h14-15,19H,3-13H2,1-2H3. The molecular weight excluding hydrogens is 258 g/mol. The molecule has 21 heavy (non-hydrogen) atoms. The van der Waals surface area contributed by atoms with Crippen LogP contribution >= 0.6 is 0 Å². The fraction of sp³-hybridized carbons (Fsp3) is 0.833. The van der Waals surface area contributed by atoms with E-state index in [0.717, 1.165) is 37.8 Å². The van der Waals surface area contributed by atoms with Gasteiger partial charge in [-0.2, -0.15) is 0 Å². The van der Waals surface area contributed by atoms with E-state index in [2.05, 4.69) is 23.7 Å². The Morgan fingerprint density at radius 3 is 2.62 bits per heavy atom. The van der Waals surface area contributed by atoms with Crippen molar-refractivity contribution < 1.29 is 0 Å². The van der Waals surface area contributed by atoms with Gasteiger partial charge in [0.25, 0.3) is 0 Å². The maximum Gasteiger partial charge on any atom is 0.109 e. The van der Waals surface area contributed by atoms with Gasteiger partial charge in [-0.15, -0.1) is 0 Å². The molecule has 118 valence electrons. The smallest absolute Gasteiger partial charge is 0.109 e. The van der Waals surface area contributed by atoms with Gasteiger partial charge in [-0.25, -0.2) is 4.98 Å². The Labute approximate surface area is 129 Å². The van der Waals surface area contributed by atoms with E-state index in [4.69, 9.17) is 4.98 Å². The predicted molar refractivity (Wildman–Crippen MR) is 87.4 cm³/mol. The zero-order valence-electron chi connectivity index (χ0n) is 13.8. The molecule has 1 aromatic heterocycles. The number of hydrogen-bond acceptors (Lipinski definition) is 2. The average molecular weight is 289 g/mol. The Kier molecular flexibility index (Phi) is 4.99. The second kappa shape index (κ2) is 6.95. The van der Waals surface area contributed by atoms with Gasteiger partial charge >= 0.3 is 0 Å². The van der Waals surface area contributed by atoms with Crippen LogP contribution in [0, 0.1) is 11.8 Å². The highest BCUT2D eigenvalue weighted by atomic mass is 15.1. The highest BCUT2D eigenvalue weighted by molar-refractivity contribution is 5.20. The predicted octanol–water partition coefficient (Wildman–Crippen LogP) is 3.70. The molecule has 0 saturated heterocycles. The summed E-state index contributed by atoms with van der Waals surface area (Å²) in [4.78, 5) is 4.94. The monoisotopic (exact) mass is 289 g/mol. The van der Waals surface area contributed by atoms with Crippen LogP contribution < -0.4 is 5.32 Å². The summed E-state index contributed by atoms with van der Waals surface area (Å²) in [5, 5.41) is 3.46. The molecule has 3 rings (SSSR count). The molecular formula is C18H31N3. The lowest BCUT2D eigenvalue weighted by atomic mass is 9.81. The zero-order chi connectivity index (χ0) is 14.7. The Balaban J connectivity index is 1.73. The summed E-state index contributed by atoms with van der Waals surface area (Å²) in [6, 6.07) is 0. The van der Waals surface area contributed by atoms with E-state index in [-0.39, 0.29) is 0 Å². The Morgan fingerprint density at radius 2 is 1.90 bits per heavy atom. The van der Waals surface area contributed by atoms with E-state index in [1.165, 1.54) is 62.3 Å². The molecule has 1 N–H and O–H groups in total. The SMILES string of the molecule is CCCc1nc2c(n1CC1CCC(CC)CC1)CCNC2. The van der Waals surface area contributed by atoms with Gasteiger partial charge in [0.1, 0.15) is 5.82 Å². The molecule has 0 radical (unpaired) electrons. The highest BCUT2D eigenvalue weighted by Gasteiger charge is 2.24.